The minimum absolute atomic E-state index is 0.0314. The molecule has 2 unspecified atom stereocenters. The monoisotopic (exact) mass is 262 g/mol. The van der Waals surface area contributed by atoms with Crippen molar-refractivity contribution in [3.05, 3.63) is 0 Å². The Balaban J connectivity index is 2.38. The lowest BCUT2D eigenvalue weighted by Gasteiger charge is -2.21. The van der Waals surface area contributed by atoms with Gasteiger partial charge in [-0.05, 0) is 11.3 Å². The van der Waals surface area contributed by atoms with E-state index in [2.05, 4.69) is 0 Å². The molecule has 2 rings (SSSR count). The third-order valence-corrected chi connectivity index (χ3v) is 6.59. The quantitative estimate of drug-likeness (QED) is 0.756. The van der Waals surface area contributed by atoms with Crippen LogP contribution in [0.25, 0.3) is 0 Å². The van der Waals surface area contributed by atoms with Gasteiger partial charge < -0.3 is 10.2 Å². The Bertz CT molecular complexity index is 349. The molecule has 2 fully saturated rings. The van der Waals surface area contributed by atoms with Gasteiger partial charge in [0.1, 0.15) is 0 Å². The third kappa shape index (κ3) is 1.26. The molecule has 2 atom stereocenters. The molecule has 2 N–H and O–H groups in total. The average Bonchev–Trinajstić information content (AvgIpc) is 2.54. The van der Waals surface area contributed by atoms with E-state index in [0.717, 1.165) is 11.5 Å². The van der Waals surface area contributed by atoms with Crippen LogP contribution in [0.15, 0.2) is 0 Å². The van der Waals surface area contributed by atoms with Crippen molar-refractivity contribution < 1.29 is 19.8 Å². The molecule has 0 aromatic heterocycles. The molecule has 90 valence electrons. The number of carboxylic acids is 2. The molecule has 0 aromatic carbocycles. The van der Waals surface area contributed by atoms with E-state index in [1.54, 1.807) is 35.4 Å². The van der Waals surface area contributed by atoms with Gasteiger partial charge >= 0.3 is 11.9 Å². The highest BCUT2D eigenvalue weighted by Crippen LogP contribution is 2.74. The number of carboxylic acid groups (broad SMARTS) is 2. The predicted octanol–water partition coefficient (Wildman–Crippen LogP) is 1.81. The third-order valence-electron chi connectivity index (χ3n) is 4.03. The van der Waals surface area contributed by atoms with Gasteiger partial charge in [-0.25, -0.2) is 0 Å². The van der Waals surface area contributed by atoms with Gasteiger partial charge in [-0.3, -0.25) is 9.59 Å². The Morgan fingerprint density at radius 1 is 1.19 bits per heavy atom. The minimum atomic E-state index is -1.06. The van der Waals surface area contributed by atoms with Crippen LogP contribution in [0, 0.1) is 22.7 Å². The second kappa shape index (κ2) is 3.57. The van der Waals surface area contributed by atoms with E-state index < -0.39 is 28.7 Å². The van der Waals surface area contributed by atoms with Gasteiger partial charge in [0.05, 0.1) is 11.3 Å². The topological polar surface area (TPSA) is 74.6 Å². The summed E-state index contributed by atoms with van der Waals surface area (Å²) in [7, 11) is 3.28. The Morgan fingerprint density at radius 3 is 2.00 bits per heavy atom. The van der Waals surface area contributed by atoms with E-state index in [9.17, 15) is 14.7 Å². The van der Waals surface area contributed by atoms with Crippen molar-refractivity contribution in [2.24, 2.45) is 22.7 Å². The van der Waals surface area contributed by atoms with Crippen molar-refractivity contribution in [2.75, 3.05) is 11.5 Å². The van der Waals surface area contributed by atoms with Crippen molar-refractivity contribution in [1.82, 2.24) is 0 Å². The van der Waals surface area contributed by atoms with Crippen LogP contribution >= 0.6 is 21.6 Å². The summed E-state index contributed by atoms with van der Waals surface area (Å²) in [5, 5.41) is 18.6. The summed E-state index contributed by atoms with van der Waals surface area (Å²) < 4.78 is 0. The van der Waals surface area contributed by atoms with Crippen molar-refractivity contribution in [2.45, 2.75) is 13.8 Å². The largest absolute Gasteiger partial charge is 0.481 e. The van der Waals surface area contributed by atoms with E-state index >= 15 is 0 Å². The molecular weight excluding hydrogens is 248 g/mol. The van der Waals surface area contributed by atoms with E-state index in [1.165, 1.54) is 0 Å². The number of hydrogen-bond acceptors (Lipinski definition) is 4. The normalized spacial score (nSPS) is 37.2. The van der Waals surface area contributed by atoms with E-state index in [1.807, 2.05) is 0 Å². The number of rotatable bonds is 3. The van der Waals surface area contributed by atoms with Crippen LogP contribution < -0.4 is 0 Å². The molecule has 1 aliphatic heterocycles. The molecule has 0 radical (unpaired) electrons. The summed E-state index contributed by atoms with van der Waals surface area (Å²) in [6.07, 6.45) is 0. The van der Waals surface area contributed by atoms with Crippen LogP contribution in [0.2, 0.25) is 0 Å². The van der Waals surface area contributed by atoms with E-state index in [0.29, 0.717) is 0 Å². The lowest BCUT2D eigenvalue weighted by Crippen LogP contribution is -2.33. The molecule has 4 nitrogen and oxygen atoms in total. The van der Waals surface area contributed by atoms with Gasteiger partial charge in [-0.1, -0.05) is 35.4 Å². The standard InChI is InChI=1S/C10H14O4S2/c1-9(2)6(7(11)12)10(9,8(13)14)5-3-15-16-4-5/h5-6H,3-4H2,1-2H3,(H,11,12)(H,13,14). The van der Waals surface area contributed by atoms with Gasteiger partial charge in [0.25, 0.3) is 0 Å². The maximum absolute atomic E-state index is 11.5. The van der Waals surface area contributed by atoms with Crippen molar-refractivity contribution in [1.29, 1.82) is 0 Å². The molecule has 1 heterocycles. The van der Waals surface area contributed by atoms with Crippen molar-refractivity contribution in [3.8, 4) is 0 Å². The maximum Gasteiger partial charge on any atom is 0.311 e. The first-order valence-corrected chi connectivity index (χ1v) is 7.56. The fourth-order valence-corrected chi connectivity index (χ4v) is 6.20. The summed E-state index contributed by atoms with van der Waals surface area (Å²) in [6, 6.07) is 0. The summed E-state index contributed by atoms with van der Waals surface area (Å²) in [5.41, 5.74) is -1.70. The minimum Gasteiger partial charge on any atom is -0.481 e. The Kier molecular flexibility index (Phi) is 2.70. The molecular formula is C10H14O4S2. The number of hydrogen-bond donors (Lipinski definition) is 2. The molecule has 1 saturated carbocycles. The molecule has 1 aliphatic carbocycles. The lowest BCUT2D eigenvalue weighted by molar-refractivity contribution is -0.151. The van der Waals surface area contributed by atoms with Crippen LogP contribution in [0.1, 0.15) is 13.8 Å². The summed E-state index contributed by atoms with van der Waals surface area (Å²) in [6.45, 7) is 3.52. The lowest BCUT2D eigenvalue weighted by atomic mass is 9.84. The Hall–Kier alpha value is -0.360. The molecule has 0 amide bonds. The zero-order chi connectivity index (χ0) is 12.1. The number of aliphatic carboxylic acids is 2. The van der Waals surface area contributed by atoms with Crippen molar-refractivity contribution >= 4 is 33.5 Å². The first kappa shape index (κ1) is 12.1. The van der Waals surface area contributed by atoms with Crippen LogP contribution in [0.4, 0.5) is 0 Å². The molecule has 2 aliphatic rings. The van der Waals surface area contributed by atoms with Gasteiger partial charge in [-0.15, -0.1) is 0 Å². The van der Waals surface area contributed by atoms with Gasteiger partial charge in [0.2, 0.25) is 0 Å². The van der Waals surface area contributed by atoms with Gasteiger partial charge in [0.15, 0.2) is 0 Å². The summed E-state index contributed by atoms with van der Waals surface area (Å²) >= 11 is 0. The molecule has 6 heteroatoms. The SMILES string of the molecule is CC1(C)C(C(=O)O)C1(C(=O)O)C1CSSC1. The van der Waals surface area contributed by atoms with E-state index in [4.69, 9.17) is 5.11 Å². The highest BCUT2D eigenvalue weighted by atomic mass is 33.1. The first-order valence-electron chi connectivity index (χ1n) is 5.07. The molecule has 1 saturated heterocycles. The Labute approximate surface area is 102 Å². The Morgan fingerprint density at radius 2 is 1.69 bits per heavy atom. The van der Waals surface area contributed by atoms with Crippen LogP contribution in [-0.4, -0.2) is 33.7 Å². The molecule has 0 aromatic rings. The number of carbonyl (C=O) groups is 2. The van der Waals surface area contributed by atoms with E-state index in [-0.39, 0.29) is 5.92 Å². The summed E-state index contributed by atoms with van der Waals surface area (Å²) in [4.78, 5) is 22.7. The molecule has 16 heavy (non-hydrogen) atoms. The predicted molar refractivity (Wildman–Crippen MR) is 63.4 cm³/mol. The second-order valence-corrected chi connectivity index (χ2v) is 7.49. The van der Waals surface area contributed by atoms with Crippen LogP contribution in [0.3, 0.4) is 0 Å². The highest BCUT2D eigenvalue weighted by Gasteiger charge is 2.81. The maximum atomic E-state index is 11.5. The highest BCUT2D eigenvalue weighted by molar-refractivity contribution is 8.77. The van der Waals surface area contributed by atoms with Crippen LogP contribution in [-0.2, 0) is 9.59 Å². The molecule has 0 spiro atoms. The van der Waals surface area contributed by atoms with Crippen LogP contribution in [0.5, 0.6) is 0 Å². The first-order chi connectivity index (χ1) is 7.36. The average molecular weight is 262 g/mol. The second-order valence-electron chi connectivity index (χ2n) is 4.93. The van der Waals surface area contributed by atoms with Gasteiger partial charge in [0, 0.05) is 11.5 Å². The van der Waals surface area contributed by atoms with Crippen molar-refractivity contribution in [3.63, 3.8) is 0 Å². The molecule has 0 bridgehead atoms. The van der Waals surface area contributed by atoms with Gasteiger partial charge in [-0.2, -0.15) is 0 Å². The fraction of sp³-hybridized carbons (Fsp3) is 0.800. The summed E-state index contributed by atoms with van der Waals surface area (Å²) in [5.74, 6) is -1.22. The smallest absolute Gasteiger partial charge is 0.311 e. The zero-order valence-electron chi connectivity index (χ0n) is 9.10. The fourth-order valence-electron chi connectivity index (χ4n) is 3.21. The zero-order valence-corrected chi connectivity index (χ0v) is 10.7.